The van der Waals surface area contributed by atoms with E-state index in [1.165, 1.54) is 25.3 Å². The second kappa shape index (κ2) is 6.39. The maximum Gasteiger partial charge on any atom is 0.420 e. The van der Waals surface area contributed by atoms with Crippen molar-refractivity contribution in [3.63, 3.8) is 0 Å². The van der Waals surface area contributed by atoms with E-state index in [0.29, 0.717) is 30.0 Å². The zero-order valence-corrected chi connectivity index (χ0v) is 14.2. The number of halogens is 3. The number of aromatic nitrogens is 1. The van der Waals surface area contributed by atoms with Crippen LogP contribution in [0.25, 0.3) is 11.1 Å². The summed E-state index contributed by atoms with van der Waals surface area (Å²) < 4.78 is 45.6. The fraction of sp³-hybridized carbons (Fsp3) is 0.611. The number of nitrogens with zero attached hydrogens (tertiary/aromatic N) is 1. The quantitative estimate of drug-likeness (QED) is 0.808. The molecule has 0 aliphatic heterocycles. The predicted octanol–water partition coefficient (Wildman–Crippen LogP) is 5.25. The lowest BCUT2D eigenvalue weighted by molar-refractivity contribution is -0.136. The third-order valence-electron chi connectivity index (χ3n) is 4.85. The molecule has 1 aromatic heterocycles. The SMILES string of the molecule is CC(C)c1nc2cc(CNC(C)C3CCC3)cc(C(F)(F)F)c2o1. The first-order valence-electron chi connectivity index (χ1n) is 8.49. The van der Waals surface area contributed by atoms with Gasteiger partial charge in [-0.05, 0) is 43.4 Å². The van der Waals surface area contributed by atoms with Crippen LogP contribution in [0.4, 0.5) is 13.2 Å². The molecular weight excluding hydrogens is 317 g/mol. The Kier molecular flexibility index (Phi) is 4.60. The van der Waals surface area contributed by atoms with Gasteiger partial charge in [-0.2, -0.15) is 13.2 Å². The average molecular weight is 340 g/mol. The molecule has 1 saturated carbocycles. The van der Waals surface area contributed by atoms with Crippen molar-refractivity contribution in [2.75, 3.05) is 0 Å². The second-order valence-corrected chi connectivity index (χ2v) is 7.06. The van der Waals surface area contributed by atoms with Crippen LogP contribution in [0.2, 0.25) is 0 Å². The van der Waals surface area contributed by atoms with Crippen LogP contribution in [0, 0.1) is 5.92 Å². The average Bonchev–Trinajstić information content (AvgIpc) is 2.85. The number of hydrogen-bond acceptors (Lipinski definition) is 3. The summed E-state index contributed by atoms with van der Waals surface area (Å²) in [6.45, 7) is 6.20. The highest BCUT2D eigenvalue weighted by Crippen LogP contribution is 2.37. The molecule has 1 N–H and O–H groups in total. The molecule has 0 amide bonds. The van der Waals surface area contributed by atoms with Crippen LogP contribution in [0.3, 0.4) is 0 Å². The van der Waals surface area contributed by atoms with E-state index < -0.39 is 11.7 Å². The van der Waals surface area contributed by atoms with E-state index in [-0.39, 0.29) is 17.0 Å². The van der Waals surface area contributed by atoms with Gasteiger partial charge in [-0.1, -0.05) is 20.3 Å². The minimum absolute atomic E-state index is 0.0568. The lowest BCUT2D eigenvalue weighted by Gasteiger charge is -2.32. The number of fused-ring (bicyclic) bond motifs is 1. The van der Waals surface area contributed by atoms with Crippen LogP contribution < -0.4 is 5.32 Å². The summed E-state index contributed by atoms with van der Waals surface area (Å²) in [6, 6.07) is 3.19. The van der Waals surface area contributed by atoms with Gasteiger partial charge in [-0.3, -0.25) is 0 Å². The fourth-order valence-corrected chi connectivity index (χ4v) is 3.05. The van der Waals surface area contributed by atoms with E-state index >= 15 is 0 Å². The molecule has 1 atom stereocenters. The van der Waals surface area contributed by atoms with E-state index in [4.69, 9.17) is 4.42 Å². The Hall–Kier alpha value is -1.56. The maximum absolute atomic E-state index is 13.4. The summed E-state index contributed by atoms with van der Waals surface area (Å²) in [7, 11) is 0. The van der Waals surface area contributed by atoms with Gasteiger partial charge in [0.25, 0.3) is 0 Å². The molecule has 0 bridgehead atoms. The van der Waals surface area contributed by atoms with Gasteiger partial charge in [-0.25, -0.2) is 4.98 Å². The lowest BCUT2D eigenvalue weighted by atomic mass is 9.80. The van der Waals surface area contributed by atoms with Crippen LogP contribution in [0.5, 0.6) is 0 Å². The molecule has 24 heavy (non-hydrogen) atoms. The van der Waals surface area contributed by atoms with Crippen molar-refractivity contribution in [2.24, 2.45) is 5.92 Å². The molecule has 1 fully saturated rings. The van der Waals surface area contributed by atoms with E-state index in [9.17, 15) is 13.2 Å². The topological polar surface area (TPSA) is 38.1 Å². The van der Waals surface area contributed by atoms with E-state index in [1.54, 1.807) is 6.07 Å². The van der Waals surface area contributed by atoms with Crippen molar-refractivity contribution >= 4 is 11.1 Å². The Labute approximate surface area is 139 Å². The zero-order chi connectivity index (χ0) is 17.5. The van der Waals surface area contributed by atoms with Crippen molar-refractivity contribution in [2.45, 2.75) is 64.7 Å². The lowest BCUT2D eigenvalue weighted by Crippen LogP contribution is -2.36. The molecule has 1 aromatic carbocycles. The number of nitrogens with one attached hydrogen (secondary N) is 1. The summed E-state index contributed by atoms with van der Waals surface area (Å²) in [5.74, 6) is 0.914. The third kappa shape index (κ3) is 3.43. The van der Waals surface area contributed by atoms with Crippen molar-refractivity contribution in [1.82, 2.24) is 10.3 Å². The maximum atomic E-state index is 13.4. The summed E-state index contributed by atoms with van der Waals surface area (Å²) in [5.41, 5.74) is -0.0410. The minimum atomic E-state index is -4.46. The standard InChI is InChI=1S/C18H23F3N2O/c1-10(2)17-23-15-8-12(9-22-11(3)13-5-4-6-13)7-14(16(15)24-17)18(19,20)21/h7-8,10-11,13,22H,4-6,9H2,1-3H3. The third-order valence-corrected chi connectivity index (χ3v) is 4.85. The van der Waals surface area contributed by atoms with Crippen LogP contribution in [-0.4, -0.2) is 11.0 Å². The monoisotopic (exact) mass is 340 g/mol. The first-order chi connectivity index (χ1) is 11.3. The number of benzene rings is 1. The Morgan fingerprint density at radius 2 is 1.96 bits per heavy atom. The van der Waals surface area contributed by atoms with Crippen LogP contribution in [-0.2, 0) is 12.7 Å². The van der Waals surface area contributed by atoms with Gasteiger partial charge in [0, 0.05) is 18.5 Å². The Morgan fingerprint density at radius 3 is 2.50 bits per heavy atom. The van der Waals surface area contributed by atoms with Gasteiger partial charge in [0.1, 0.15) is 11.1 Å². The van der Waals surface area contributed by atoms with Crippen molar-refractivity contribution in [3.8, 4) is 0 Å². The molecule has 0 saturated heterocycles. The van der Waals surface area contributed by atoms with E-state index in [2.05, 4.69) is 17.2 Å². The first kappa shape index (κ1) is 17.3. The van der Waals surface area contributed by atoms with Gasteiger partial charge in [0.05, 0.1) is 0 Å². The van der Waals surface area contributed by atoms with E-state index in [0.717, 1.165) is 0 Å². The predicted molar refractivity (Wildman–Crippen MR) is 86.7 cm³/mol. The molecule has 132 valence electrons. The van der Waals surface area contributed by atoms with Gasteiger partial charge in [-0.15, -0.1) is 0 Å². The molecular formula is C18H23F3N2O. The van der Waals surface area contributed by atoms with Gasteiger partial charge >= 0.3 is 6.18 Å². The van der Waals surface area contributed by atoms with Crippen LogP contribution >= 0.6 is 0 Å². The molecule has 3 nitrogen and oxygen atoms in total. The van der Waals surface area contributed by atoms with Crippen LogP contribution in [0.15, 0.2) is 16.5 Å². The molecule has 6 heteroatoms. The summed E-state index contributed by atoms with van der Waals surface area (Å²) in [5, 5.41) is 3.35. The number of oxazole rings is 1. The molecule has 1 heterocycles. The number of hydrogen-bond donors (Lipinski definition) is 1. The zero-order valence-electron chi connectivity index (χ0n) is 14.2. The highest BCUT2D eigenvalue weighted by Gasteiger charge is 2.35. The first-order valence-corrected chi connectivity index (χ1v) is 8.49. The molecule has 1 aliphatic rings. The molecule has 1 unspecified atom stereocenters. The van der Waals surface area contributed by atoms with Gasteiger partial charge in [0.15, 0.2) is 11.5 Å². The van der Waals surface area contributed by atoms with Crippen molar-refractivity contribution in [3.05, 3.63) is 29.2 Å². The smallest absolute Gasteiger partial charge is 0.420 e. The Morgan fingerprint density at radius 1 is 1.25 bits per heavy atom. The number of rotatable bonds is 5. The Bertz CT molecular complexity index is 717. The molecule has 0 spiro atoms. The van der Waals surface area contributed by atoms with E-state index in [1.807, 2.05) is 13.8 Å². The van der Waals surface area contributed by atoms with Gasteiger partial charge in [0.2, 0.25) is 0 Å². The number of alkyl halides is 3. The minimum Gasteiger partial charge on any atom is -0.440 e. The van der Waals surface area contributed by atoms with Gasteiger partial charge < -0.3 is 9.73 Å². The summed E-state index contributed by atoms with van der Waals surface area (Å²) in [6.07, 6.45) is -0.816. The molecule has 2 aromatic rings. The highest BCUT2D eigenvalue weighted by atomic mass is 19.4. The van der Waals surface area contributed by atoms with Crippen molar-refractivity contribution in [1.29, 1.82) is 0 Å². The fourth-order valence-electron chi connectivity index (χ4n) is 3.05. The molecule has 3 rings (SSSR count). The highest BCUT2D eigenvalue weighted by molar-refractivity contribution is 5.78. The normalized spacial score (nSPS) is 17.5. The van der Waals surface area contributed by atoms with Crippen molar-refractivity contribution < 1.29 is 17.6 Å². The molecule has 1 aliphatic carbocycles. The second-order valence-electron chi connectivity index (χ2n) is 7.06. The molecule has 0 radical (unpaired) electrons. The Balaban J connectivity index is 1.90. The summed E-state index contributed by atoms with van der Waals surface area (Å²) in [4.78, 5) is 4.24. The summed E-state index contributed by atoms with van der Waals surface area (Å²) >= 11 is 0. The largest absolute Gasteiger partial charge is 0.440 e. The van der Waals surface area contributed by atoms with Crippen LogP contribution in [0.1, 0.15) is 63.0 Å².